The summed E-state index contributed by atoms with van der Waals surface area (Å²) in [5, 5.41) is 7.37. The van der Waals surface area contributed by atoms with Gasteiger partial charge in [0.15, 0.2) is 0 Å². The molecule has 0 bridgehead atoms. The first-order valence-electron chi connectivity index (χ1n) is 5.42. The number of carbonyl (C=O) groups is 1. The molecule has 0 radical (unpaired) electrons. The second-order valence-electron chi connectivity index (χ2n) is 4.02. The quantitative estimate of drug-likeness (QED) is 0.655. The number of amides is 1. The zero-order valence-corrected chi connectivity index (χ0v) is 10.4. The van der Waals surface area contributed by atoms with E-state index in [0.717, 1.165) is 11.5 Å². The highest BCUT2D eigenvalue weighted by atomic mass is 16.5. The van der Waals surface area contributed by atoms with Crippen LogP contribution >= 0.6 is 0 Å². The largest absolute Gasteiger partial charge is 0.448 e. The van der Waals surface area contributed by atoms with Crippen molar-refractivity contribution in [2.75, 3.05) is 24.2 Å². The fourth-order valence-electron chi connectivity index (χ4n) is 1.52. The third-order valence-corrected chi connectivity index (χ3v) is 2.30. The van der Waals surface area contributed by atoms with Crippen molar-refractivity contribution >= 4 is 17.6 Å². The molecular formula is C10H19N5O2. The van der Waals surface area contributed by atoms with Crippen LogP contribution in [0.4, 0.5) is 16.3 Å². The lowest BCUT2D eigenvalue weighted by molar-refractivity contribution is 0.161. The van der Waals surface area contributed by atoms with Gasteiger partial charge >= 0.3 is 6.09 Å². The van der Waals surface area contributed by atoms with E-state index in [1.807, 2.05) is 13.8 Å². The second kappa shape index (κ2) is 5.42. The molecule has 0 aliphatic rings. The van der Waals surface area contributed by atoms with E-state index in [2.05, 4.69) is 15.2 Å². The summed E-state index contributed by atoms with van der Waals surface area (Å²) < 4.78 is 6.28. The van der Waals surface area contributed by atoms with Crippen molar-refractivity contribution in [2.24, 2.45) is 12.8 Å². The van der Waals surface area contributed by atoms with Gasteiger partial charge in [-0.15, -0.1) is 0 Å². The minimum absolute atomic E-state index is 0.191. The fraction of sp³-hybridized carbons (Fsp3) is 0.600. The van der Waals surface area contributed by atoms with Gasteiger partial charge in [0.25, 0.3) is 0 Å². The number of carbonyl (C=O) groups excluding carboxylic acids is 1. The Bertz CT molecular complexity index is 400. The Balaban J connectivity index is 2.62. The number of nitrogens with one attached hydrogen (secondary N) is 1. The van der Waals surface area contributed by atoms with Crippen LogP contribution in [0.25, 0.3) is 0 Å². The molecule has 1 heterocycles. The van der Waals surface area contributed by atoms with E-state index >= 15 is 0 Å². The molecule has 7 heteroatoms. The summed E-state index contributed by atoms with van der Waals surface area (Å²) in [7, 11) is 1.81. The lowest BCUT2D eigenvalue weighted by Gasteiger charge is -2.07. The van der Waals surface area contributed by atoms with Crippen LogP contribution in [0, 0.1) is 0 Å². The Morgan fingerprint density at radius 3 is 2.71 bits per heavy atom. The molecule has 0 atom stereocenters. The highest BCUT2D eigenvalue weighted by Crippen LogP contribution is 2.27. The van der Waals surface area contributed by atoms with Gasteiger partial charge in [0.2, 0.25) is 0 Å². The number of hydrogen-bond donors (Lipinski definition) is 3. The van der Waals surface area contributed by atoms with Gasteiger partial charge in [-0.05, 0) is 5.92 Å². The van der Waals surface area contributed by atoms with Gasteiger partial charge in [-0.25, -0.2) is 4.79 Å². The number of primary amides is 1. The summed E-state index contributed by atoms with van der Waals surface area (Å²) in [5.74, 6) is 0.986. The van der Waals surface area contributed by atoms with Crippen LogP contribution in [0.3, 0.4) is 0 Å². The van der Waals surface area contributed by atoms with Crippen molar-refractivity contribution in [1.82, 2.24) is 9.78 Å². The topological polar surface area (TPSA) is 108 Å². The number of rotatable bonds is 5. The molecule has 17 heavy (non-hydrogen) atoms. The van der Waals surface area contributed by atoms with Gasteiger partial charge in [0, 0.05) is 7.05 Å². The predicted octanol–water partition coefficient (Wildman–Crippen LogP) is 0.633. The number of ether oxygens (including phenoxy) is 1. The Hall–Kier alpha value is -1.92. The zero-order valence-electron chi connectivity index (χ0n) is 10.4. The second-order valence-corrected chi connectivity index (χ2v) is 4.02. The Morgan fingerprint density at radius 2 is 2.24 bits per heavy atom. The molecule has 0 aliphatic heterocycles. The molecule has 0 aliphatic carbocycles. The summed E-state index contributed by atoms with van der Waals surface area (Å²) in [5.41, 5.74) is 12.3. The number of aromatic nitrogens is 2. The van der Waals surface area contributed by atoms with Crippen LogP contribution in [0.15, 0.2) is 0 Å². The third kappa shape index (κ3) is 3.27. The maximum absolute atomic E-state index is 10.4. The molecule has 1 amide bonds. The molecule has 0 saturated carbocycles. The lowest BCUT2D eigenvalue weighted by atomic mass is 10.1. The summed E-state index contributed by atoms with van der Waals surface area (Å²) in [6.07, 6.45) is -0.785. The standard InChI is InChI=1S/C10H19N5O2/c1-6(2)8-7(11)9(15(3)14-8)13-4-5-17-10(12)16/h6,13H,4-5,11H2,1-3H3,(H2,12,16). The monoisotopic (exact) mass is 241 g/mol. The Kier molecular flexibility index (Phi) is 4.19. The van der Waals surface area contributed by atoms with Crippen LogP contribution < -0.4 is 16.8 Å². The smallest absolute Gasteiger partial charge is 0.404 e. The van der Waals surface area contributed by atoms with Crippen molar-refractivity contribution < 1.29 is 9.53 Å². The fourth-order valence-corrected chi connectivity index (χ4v) is 1.52. The number of hydrogen-bond acceptors (Lipinski definition) is 5. The van der Waals surface area contributed by atoms with Crippen molar-refractivity contribution in [1.29, 1.82) is 0 Å². The van der Waals surface area contributed by atoms with E-state index in [9.17, 15) is 4.79 Å². The minimum Gasteiger partial charge on any atom is -0.448 e. The van der Waals surface area contributed by atoms with Crippen molar-refractivity contribution in [2.45, 2.75) is 19.8 Å². The first-order chi connectivity index (χ1) is 7.93. The average Bonchev–Trinajstić information content (AvgIpc) is 2.50. The van der Waals surface area contributed by atoms with Crippen LogP contribution in [0.5, 0.6) is 0 Å². The first-order valence-corrected chi connectivity index (χ1v) is 5.42. The van der Waals surface area contributed by atoms with E-state index in [0.29, 0.717) is 12.2 Å². The minimum atomic E-state index is -0.785. The molecule has 96 valence electrons. The van der Waals surface area contributed by atoms with Crippen LogP contribution in [0.2, 0.25) is 0 Å². The molecule has 5 N–H and O–H groups in total. The maximum atomic E-state index is 10.4. The number of anilines is 2. The van der Waals surface area contributed by atoms with E-state index in [-0.39, 0.29) is 12.5 Å². The summed E-state index contributed by atoms with van der Waals surface area (Å²) in [6.45, 7) is 4.68. The molecule has 1 rings (SSSR count). The van der Waals surface area contributed by atoms with Crippen LogP contribution in [-0.4, -0.2) is 29.0 Å². The molecular weight excluding hydrogens is 222 g/mol. The van der Waals surface area contributed by atoms with Gasteiger partial charge in [-0.2, -0.15) is 5.10 Å². The average molecular weight is 241 g/mol. The van der Waals surface area contributed by atoms with Crippen molar-refractivity contribution in [3.8, 4) is 0 Å². The number of nitrogens with zero attached hydrogens (tertiary/aromatic N) is 2. The SMILES string of the molecule is CC(C)c1nn(C)c(NCCOC(N)=O)c1N. The molecule has 0 fully saturated rings. The van der Waals surface area contributed by atoms with Crippen LogP contribution in [-0.2, 0) is 11.8 Å². The number of nitrogens with two attached hydrogens (primary N) is 2. The molecule has 0 saturated heterocycles. The summed E-state index contributed by atoms with van der Waals surface area (Å²) in [4.78, 5) is 10.4. The van der Waals surface area contributed by atoms with Gasteiger partial charge < -0.3 is 21.5 Å². The zero-order chi connectivity index (χ0) is 13.0. The molecule has 1 aromatic rings. The number of nitrogen functional groups attached to an aromatic ring is 1. The van der Waals surface area contributed by atoms with E-state index in [4.69, 9.17) is 11.5 Å². The normalized spacial score (nSPS) is 10.6. The molecule has 7 nitrogen and oxygen atoms in total. The van der Waals surface area contributed by atoms with Gasteiger partial charge in [0.05, 0.1) is 17.9 Å². The first kappa shape index (κ1) is 13.1. The van der Waals surface area contributed by atoms with E-state index in [1.54, 1.807) is 11.7 Å². The van der Waals surface area contributed by atoms with Gasteiger partial charge in [-0.3, -0.25) is 4.68 Å². The Labute approximate surface area is 100 Å². The molecule has 0 unspecified atom stereocenters. The number of aryl methyl sites for hydroxylation is 1. The van der Waals surface area contributed by atoms with Crippen molar-refractivity contribution in [3.63, 3.8) is 0 Å². The third-order valence-electron chi connectivity index (χ3n) is 2.30. The van der Waals surface area contributed by atoms with E-state index in [1.165, 1.54) is 0 Å². The lowest BCUT2D eigenvalue weighted by Crippen LogP contribution is -2.19. The molecule has 0 aromatic carbocycles. The summed E-state index contributed by atoms with van der Waals surface area (Å²) in [6, 6.07) is 0. The van der Waals surface area contributed by atoms with E-state index < -0.39 is 6.09 Å². The highest BCUT2D eigenvalue weighted by molar-refractivity contribution is 5.66. The summed E-state index contributed by atoms with van der Waals surface area (Å²) >= 11 is 0. The van der Waals surface area contributed by atoms with Gasteiger partial charge in [0.1, 0.15) is 12.4 Å². The highest BCUT2D eigenvalue weighted by Gasteiger charge is 2.15. The molecule has 1 aromatic heterocycles. The predicted molar refractivity (Wildman–Crippen MR) is 65.7 cm³/mol. The van der Waals surface area contributed by atoms with Crippen LogP contribution in [0.1, 0.15) is 25.5 Å². The Morgan fingerprint density at radius 1 is 1.59 bits per heavy atom. The van der Waals surface area contributed by atoms with Gasteiger partial charge in [-0.1, -0.05) is 13.8 Å². The molecule has 0 spiro atoms. The maximum Gasteiger partial charge on any atom is 0.404 e. The van der Waals surface area contributed by atoms with Crippen molar-refractivity contribution in [3.05, 3.63) is 5.69 Å².